The van der Waals surface area contributed by atoms with Crippen LogP contribution in [0.2, 0.25) is 10.0 Å². The molecule has 170 valence electrons. The van der Waals surface area contributed by atoms with E-state index in [1.165, 1.54) is 4.90 Å². The summed E-state index contributed by atoms with van der Waals surface area (Å²) < 4.78 is 10.9. The number of rotatable bonds is 7. The Morgan fingerprint density at radius 3 is 2.48 bits per heavy atom. The van der Waals surface area contributed by atoms with Crippen LogP contribution in [0.4, 0.5) is 5.69 Å². The highest BCUT2D eigenvalue weighted by atomic mass is 35.5. The molecule has 0 aromatic heterocycles. The number of carbonyl (C=O) groups is 2. The van der Waals surface area contributed by atoms with Crippen molar-refractivity contribution in [2.75, 3.05) is 11.5 Å². The zero-order valence-electron chi connectivity index (χ0n) is 17.8. The molecule has 8 heteroatoms. The van der Waals surface area contributed by atoms with Crippen molar-refractivity contribution in [3.8, 4) is 5.75 Å². The number of fused-ring (bicyclic) bond motifs is 1. The minimum atomic E-state index is -1.34. The van der Waals surface area contributed by atoms with Gasteiger partial charge in [-0.05, 0) is 42.3 Å². The lowest BCUT2D eigenvalue weighted by molar-refractivity contribution is -0.142. The van der Waals surface area contributed by atoms with Crippen molar-refractivity contribution in [1.82, 2.24) is 0 Å². The second-order valence-corrected chi connectivity index (χ2v) is 8.24. The van der Waals surface area contributed by atoms with Crippen LogP contribution in [0.25, 0.3) is 0 Å². The van der Waals surface area contributed by atoms with Crippen LogP contribution in [0.1, 0.15) is 40.2 Å². The van der Waals surface area contributed by atoms with Gasteiger partial charge in [-0.15, -0.1) is 0 Å². The van der Waals surface area contributed by atoms with E-state index in [0.717, 1.165) is 5.56 Å². The third-order valence-corrected chi connectivity index (χ3v) is 5.87. The van der Waals surface area contributed by atoms with Gasteiger partial charge >= 0.3 is 5.97 Å². The molecule has 0 fully saturated rings. The molecular weight excluding hydrogens is 465 g/mol. The number of aliphatic hydroxyl groups excluding tert-OH is 1. The molecule has 1 amide bonds. The lowest BCUT2D eigenvalue weighted by Gasteiger charge is -2.23. The van der Waals surface area contributed by atoms with Crippen molar-refractivity contribution in [1.29, 1.82) is 0 Å². The Morgan fingerprint density at radius 1 is 1.03 bits per heavy atom. The first kappa shape index (κ1) is 23.1. The predicted octanol–water partition coefficient (Wildman–Crippen LogP) is 5.33. The van der Waals surface area contributed by atoms with Crippen molar-refractivity contribution in [2.45, 2.75) is 26.2 Å². The molecule has 0 saturated heterocycles. The topological polar surface area (TPSA) is 76.1 Å². The normalized spacial score (nSPS) is 14.8. The summed E-state index contributed by atoms with van der Waals surface area (Å²) >= 11 is 12.8. The van der Waals surface area contributed by atoms with Gasteiger partial charge in [0.05, 0.1) is 39.9 Å². The summed E-state index contributed by atoms with van der Waals surface area (Å²) in [5, 5.41) is 11.5. The number of amides is 1. The van der Waals surface area contributed by atoms with Gasteiger partial charge in [-0.25, -0.2) is 0 Å². The molecular formula is C25H21Cl2NO5. The largest absolute Gasteiger partial charge is 0.488 e. The smallest absolute Gasteiger partial charge is 0.310 e. The van der Waals surface area contributed by atoms with Gasteiger partial charge in [-0.2, -0.15) is 0 Å². The zero-order valence-corrected chi connectivity index (χ0v) is 19.3. The lowest BCUT2D eigenvalue weighted by Crippen LogP contribution is -2.28. The van der Waals surface area contributed by atoms with Crippen molar-refractivity contribution in [2.24, 2.45) is 0 Å². The molecule has 1 unspecified atom stereocenters. The van der Waals surface area contributed by atoms with Gasteiger partial charge in [-0.1, -0.05) is 59.6 Å². The summed E-state index contributed by atoms with van der Waals surface area (Å²) in [5.41, 5.74) is 2.32. The Bertz CT molecular complexity index is 1200. The van der Waals surface area contributed by atoms with E-state index in [1.807, 2.05) is 30.3 Å². The van der Waals surface area contributed by atoms with Gasteiger partial charge in [0, 0.05) is 0 Å². The first-order valence-corrected chi connectivity index (χ1v) is 11.1. The number of aliphatic hydroxyl groups is 1. The van der Waals surface area contributed by atoms with Crippen LogP contribution < -0.4 is 9.64 Å². The standard InChI is InChI=1S/C25H21Cl2NO5/c1-2-32-21(29)13-16-8-10-19(18(27)12-16)28-24(30)22-17(26)9-11-20(23(22)25(28)31)33-14-15-6-4-3-5-7-15/h3-12,25,31H,2,13-14H2,1H3. The van der Waals surface area contributed by atoms with Crippen LogP contribution in [0.3, 0.4) is 0 Å². The number of benzene rings is 3. The van der Waals surface area contributed by atoms with Gasteiger partial charge in [0.25, 0.3) is 5.91 Å². The van der Waals surface area contributed by atoms with Crippen molar-refractivity contribution >= 4 is 40.8 Å². The molecule has 6 nitrogen and oxygen atoms in total. The molecule has 1 aliphatic heterocycles. The van der Waals surface area contributed by atoms with Gasteiger partial charge in [0.2, 0.25) is 0 Å². The molecule has 0 aliphatic carbocycles. The van der Waals surface area contributed by atoms with E-state index in [-0.39, 0.29) is 46.8 Å². The van der Waals surface area contributed by atoms with Crippen LogP contribution in [-0.2, 0) is 22.6 Å². The average Bonchev–Trinajstić information content (AvgIpc) is 3.06. The molecule has 1 N–H and O–H groups in total. The zero-order chi connectivity index (χ0) is 23.5. The van der Waals surface area contributed by atoms with Gasteiger partial charge in [0.1, 0.15) is 12.4 Å². The summed E-state index contributed by atoms with van der Waals surface area (Å²) in [4.78, 5) is 26.2. The number of hydrogen-bond donors (Lipinski definition) is 1. The van der Waals surface area contributed by atoms with Gasteiger partial charge in [0.15, 0.2) is 6.23 Å². The minimum absolute atomic E-state index is 0.0495. The van der Waals surface area contributed by atoms with E-state index in [0.29, 0.717) is 17.0 Å². The molecule has 33 heavy (non-hydrogen) atoms. The number of esters is 1. The Balaban J connectivity index is 1.63. The molecule has 1 heterocycles. The first-order chi connectivity index (χ1) is 15.9. The summed E-state index contributed by atoms with van der Waals surface area (Å²) in [6.45, 7) is 2.28. The van der Waals surface area contributed by atoms with E-state index in [4.69, 9.17) is 32.7 Å². The number of ether oxygens (including phenoxy) is 2. The lowest BCUT2D eigenvalue weighted by atomic mass is 10.1. The second-order valence-electron chi connectivity index (χ2n) is 7.42. The molecule has 1 aliphatic rings. The molecule has 4 rings (SSSR count). The highest BCUT2D eigenvalue weighted by molar-refractivity contribution is 6.37. The summed E-state index contributed by atoms with van der Waals surface area (Å²) in [6.07, 6.45) is -1.29. The maximum Gasteiger partial charge on any atom is 0.310 e. The fourth-order valence-corrected chi connectivity index (χ4v) is 4.28. The van der Waals surface area contributed by atoms with Crippen LogP contribution >= 0.6 is 23.2 Å². The highest BCUT2D eigenvalue weighted by Crippen LogP contribution is 2.45. The number of halogens is 2. The Hall–Kier alpha value is -3.06. The van der Waals surface area contributed by atoms with E-state index >= 15 is 0 Å². The summed E-state index contributed by atoms with van der Waals surface area (Å²) in [5.74, 6) is -0.512. The first-order valence-electron chi connectivity index (χ1n) is 10.4. The number of anilines is 1. The maximum atomic E-state index is 13.2. The van der Waals surface area contributed by atoms with Crippen LogP contribution in [0.5, 0.6) is 5.75 Å². The SMILES string of the molecule is CCOC(=O)Cc1ccc(N2C(=O)c3c(Cl)ccc(OCc4ccccc4)c3C2O)c(Cl)c1. The fraction of sp³-hybridized carbons (Fsp3) is 0.200. The van der Waals surface area contributed by atoms with Crippen molar-refractivity contribution < 1.29 is 24.2 Å². The van der Waals surface area contributed by atoms with Crippen molar-refractivity contribution in [3.05, 3.63) is 93.0 Å². The maximum absolute atomic E-state index is 13.2. The Kier molecular flexibility index (Phi) is 6.88. The van der Waals surface area contributed by atoms with E-state index in [9.17, 15) is 14.7 Å². The quantitative estimate of drug-likeness (QED) is 0.457. The third-order valence-electron chi connectivity index (χ3n) is 5.25. The molecule has 0 saturated carbocycles. The van der Waals surface area contributed by atoms with Crippen LogP contribution in [-0.4, -0.2) is 23.6 Å². The van der Waals surface area contributed by atoms with Gasteiger partial charge < -0.3 is 14.6 Å². The molecule has 1 atom stereocenters. The predicted molar refractivity (Wildman–Crippen MR) is 126 cm³/mol. The minimum Gasteiger partial charge on any atom is -0.488 e. The molecule has 0 bridgehead atoms. The molecule has 3 aromatic carbocycles. The van der Waals surface area contributed by atoms with Crippen LogP contribution in [0, 0.1) is 0 Å². The molecule has 0 radical (unpaired) electrons. The Labute approximate surface area is 201 Å². The van der Waals surface area contributed by atoms with Crippen LogP contribution in [0.15, 0.2) is 60.7 Å². The third kappa shape index (κ3) is 4.69. The van der Waals surface area contributed by atoms with E-state index in [1.54, 1.807) is 37.3 Å². The number of hydrogen-bond acceptors (Lipinski definition) is 5. The second kappa shape index (κ2) is 9.83. The summed E-state index contributed by atoms with van der Waals surface area (Å²) in [7, 11) is 0. The number of carbonyl (C=O) groups excluding carboxylic acids is 2. The highest BCUT2D eigenvalue weighted by Gasteiger charge is 2.41. The fourth-order valence-electron chi connectivity index (χ4n) is 3.74. The van der Waals surface area contributed by atoms with E-state index in [2.05, 4.69) is 0 Å². The summed E-state index contributed by atoms with van der Waals surface area (Å²) in [6, 6.07) is 17.6. The number of nitrogens with zero attached hydrogens (tertiary/aromatic N) is 1. The monoisotopic (exact) mass is 485 g/mol. The Morgan fingerprint density at radius 2 is 1.79 bits per heavy atom. The molecule has 3 aromatic rings. The van der Waals surface area contributed by atoms with Gasteiger partial charge in [-0.3, -0.25) is 14.5 Å². The molecule has 0 spiro atoms. The van der Waals surface area contributed by atoms with E-state index < -0.39 is 12.1 Å². The average molecular weight is 486 g/mol. The van der Waals surface area contributed by atoms with Crippen molar-refractivity contribution in [3.63, 3.8) is 0 Å².